The van der Waals surface area contributed by atoms with Crippen LogP contribution in [0, 0.1) is 6.92 Å². The number of morpholine rings is 2. The van der Waals surface area contributed by atoms with Gasteiger partial charge in [-0.1, -0.05) is 29.8 Å². The van der Waals surface area contributed by atoms with Gasteiger partial charge in [-0.25, -0.2) is 13.2 Å². The molecule has 2 aliphatic rings. The summed E-state index contributed by atoms with van der Waals surface area (Å²) in [5.74, 6) is 0.578. The summed E-state index contributed by atoms with van der Waals surface area (Å²) in [5, 5.41) is 2.87. The fourth-order valence-electron chi connectivity index (χ4n) is 3.82. The third kappa shape index (κ3) is 4.14. The molecule has 0 spiro atoms. The Morgan fingerprint density at radius 1 is 1.03 bits per heavy atom. The van der Waals surface area contributed by atoms with Crippen LogP contribution in [0.1, 0.15) is 5.56 Å². The average Bonchev–Trinajstić information content (AvgIpc) is 2.73. The molecule has 2 atom stereocenters. The Bertz CT molecular complexity index is 1010. The molecule has 2 fully saturated rings. The molecular formula is C21H25N3O5S. The molecule has 0 aliphatic carbocycles. The molecule has 8 nitrogen and oxygen atoms in total. The van der Waals surface area contributed by atoms with Crippen LogP contribution >= 0.6 is 0 Å². The summed E-state index contributed by atoms with van der Waals surface area (Å²) in [6.45, 7) is 2.98. The van der Waals surface area contributed by atoms with E-state index in [1.54, 1.807) is 48.4 Å². The normalized spacial score (nSPS) is 21.9. The first kappa shape index (κ1) is 20.6. The number of benzene rings is 2. The Hall–Kier alpha value is -2.62. The number of methoxy groups -OCH3 is 1. The number of amides is 2. The second-order valence-corrected chi connectivity index (χ2v) is 9.49. The van der Waals surface area contributed by atoms with Crippen LogP contribution in [-0.2, 0) is 14.8 Å². The Kier molecular flexibility index (Phi) is 5.68. The van der Waals surface area contributed by atoms with Crippen LogP contribution in [-0.4, -0.2) is 69.2 Å². The van der Waals surface area contributed by atoms with E-state index < -0.39 is 10.0 Å². The van der Waals surface area contributed by atoms with Crippen molar-refractivity contribution in [2.45, 2.75) is 24.0 Å². The summed E-state index contributed by atoms with van der Waals surface area (Å²) >= 11 is 0. The number of fused-ring (bicyclic) bond motifs is 2. The van der Waals surface area contributed by atoms with E-state index in [2.05, 4.69) is 5.32 Å². The van der Waals surface area contributed by atoms with Crippen molar-refractivity contribution in [2.75, 3.05) is 38.6 Å². The van der Waals surface area contributed by atoms with Gasteiger partial charge in [0.25, 0.3) is 0 Å². The van der Waals surface area contributed by atoms with Crippen LogP contribution in [0.15, 0.2) is 53.4 Å². The lowest BCUT2D eigenvalue weighted by atomic mass is 10.1. The first-order chi connectivity index (χ1) is 14.4. The highest BCUT2D eigenvalue weighted by Crippen LogP contribution is 2.27. The number of nitrogens with zero attached hydrogens (tertiary/aromatic N) is 2. The molecule has 0 saturated carbocycles. The molecule has 4 rings (SSSR count). The van der Waals surface area contributed by atoms with Crippen molar-refractivity contribution in [2.24, 2.45) is 0 Å². The molecule has 2 saturated heterocycles. The first-order valence-electron chi connectivity index (χ1n) is 9.78. The Morgan fingerprint density at radius 3 is 2.30 bits per heavy atom. The van der Waals surface area contributed by atoms with Crippen LogP contribution in [0.25, 0.3) is 0 Å². The van der Waals surface area contributed by atoms with Gasteiger partial charge in [0.2, 0.25) is 10.0 Å². The molecule has 0 aromatic heterocycles. The highest BCUT2D eigenvalue weighted by Gasteiger charge is 2.41. The maximum Gasteiger partial charge on any atom is 0.322 e. The van der Waals surface area contributed by atoms with Gasteiger partial charge in [0.05, 0.1) is 43.0 Å². The van der Waals surface area contributed by atoms with Crippen LogP contribution in [0.2, 0.25) is 0 Å². The molecule has 2 bridgehead atoms. The zero-order valence-corrected chi connectivity index (χ0v) is 17.8. The number of hydrogen-bond acceptors (Lipinski definition) is 5. The third-order valence-electron chi connectivity index (χ3n) is 5.34. The molecule has 2 aromatic rings. The molecule has 2 aromatic carbocycles. The molecule has 2 aliphatic heterocycles. The van der Waals surface area contributed by atoms with Gasteiger partial charge in [0.1, 0.15) is 5.75 Å². The van der Waals surface area contributed by atoms with Gasteiger partial charge in [-0.2, -0.15) is 4.31 Å². The Labute approximate surface area is 176 Å². The second-order valence-electron chi connectivity index (χ2n) is 7.55. The van der Waals surface area contributed by atoms with Gasteiger partial charge >= 0.3 is 6.03 Å². The van der Waals surface area contributed by atoms with Crippen molar-refractivity contribution in [1.29, 1.82) is 0 Å². The van der Waals surface area contributed by atoms with Crippen LogP contribution in [0.4, 0.5) is 10.5 Å². The number of rotatable bonds is 4. The number of aryl methyl sites for hydroxylation is 1. The monoisotopic (exact) mass is 431 g/mol. The average molecular weight is 432 g/mol. The van der Waals surface area contributed by atoms with Crippen LogP contribution in [0.5, 0.6) is 5.75 Å². The number of para-hydroxylation sites is 2. The van der Waals surface area contributed by atoms with E-state index in [0.717, 1.165) is 5.56 Å². The molecule has 2 unspecified atom stereocenters. The summed E-state index contributed by atoms with van der Waals surface area (Å²) in [6, 6.07) is 13.8. The second kappa shape index (κ2) is 8.25. The van der Waals surface area contributed by atoms with Gasteiger partial charge in [0, 0.05) is 13.1 Å². The topological polar surface area (TPSA) is 88.2 Å². The van der Waals surface area contributed by atoms with Gasteiger partial charge in [-0.3, -0.25) is 0 Å². The van der Waals surface area contributed by atoms with Crippen molar-refractivity contribution in [3.05, 3.63) is 54.1 Å². The minimum Gasteiger partial charge on any atom is -0.495 e. The molecule has 30 heavy (non-hydrogen) atoms. The Balaban J connectivity index is 1.44. The summed E-state index contributed by atoms with van der Waals surface area (Å²) in [5.41, 5.74) is 1.59. The predicted molar refractivity (Wildman–Crippen MR) is 112 cm³/mol. The van der Waals surface area contributed by atoms with Crippen molar-refractivity contribution in [3.63, 3.8) is 0 Å². The number of sulfonamides is 1. The molecule has 1 N–H and O–H groups in total. The quantitative estimate of drug-likeness (QED) is 0.803. The van der Waals surface area contributed by atoms with E-state index in [1.807, 2.05) is 19.1 Å². The SMILES string of the molecule is COc1ccccc1NC(=O)N1CC2CN(S(=O)(=O)c3ccc(C)cc3)CC(C1)O2. The highest BCUT2D eigenvalue weighted by atomic mass is 32.2. The fraction of sp³-hybridized carbons (Fsp3) is 0.381. The van der Waals surface area contributed by atoms with Crippen molar-refractivity contribution >= 4 is 21.7 Å². The summed E-state index contributed by atoms with van der Waals surface area (Å²) in [7, 11) is -2.05. The molecule has 2 heterocycles. The van der Waals surface area contributed by atoms with Gasteiger partial charge < -0.3 is 19.7 Å². The number of carbonyl (C=O) groups is 1. The van der Waals surface area contributed by atoms with E-state index in [1.165, 1.54) is 4.31 Å². The minimum absolute atomic E-state index is 0.213. The lowest BCUT2D eigenvalue weighted by molar-refractivity contribution is -0.110. The molecule has 2 amide bonds. The molecule has 160 valence electrons. The first-order valence-corrected chi connectivity index (χ1v) is 11.2. The predicted octanol–water partition coefficient (Wildman–Crippen LogP) is 2.31. The molecule has 9 heteroatoms. The Morgan fingerprint density at radius 2 is 1.67 bits per heavy atom. The third-order valence-corrected chi connectivity index (χ3v) is 7.19. The molecule has 0 radical (unpaired) electrons. The number of ether oxygens (including phenoxy) is 2. The lowest BCUT2D eigenvalue weighted by Gasteiger charge is -2.45. The smallest absolute Gasteiger partial charge is 0.322 e. The van der Waals surface area contributed by atoms with Crippen molar-refractivity contribution < 1.29 is 22.7 Å². The number of anilines is 1. The maximum absolute atomic E-state index is 13.0. The number of carbonyl (C=O) groups excluding carboxylic acids is 1. The largest absolute Gasteiger partial charge is 0.495 e. The zero-order valence-electron chi connectivity index (χ0n) is 16.9. The number of nitrogens with one attached hydrogen (secondary N) is 1. The standard InChI is InChI=1S/C21H25N3O5S/c1-15-7-9-18(10-8-15)30(26,27)24-13-16-11-23(12-17(14-24)29-16)21(25)22-19-5-3-4-6-20(19)28-2/h3-10,16-17H,11-14H2,1-2H3,(H,22,25). The summed E-state index contributed by atoms with van der Waals surface area (Å²) in [6.07, 6.45) is -0.748. The zero-order chi connectivity index (χ0) is 21.3. The minimum atomic E-state index is -3.60. The summed E-state index contributed by atoms with van der Waals surface area (Å²) < 4.78 is 38.7. The van der Waals surface area contributed by atoms with Gasteiger partial charge in [0.15, 0.2) is 0 Å². The maximum atomic E-state index is 13.0. The van der Waals surface area contributed by atoms with Crippen LogP contribution < -0.4 is 10.1 Å². The van der Waals surface area contributed by atoms with E-state index in [-0.39, 0.29) is 36.2 Å². The van der Waals surface area contributed by atoms with Gasteiger partial charge in [-0.15, -0.1) is 0 Å². The fourth-order valence-corrected chi connectivity index (χ4v) is 5.32. The lowest BCUT2D eigenvalue weighted by Crippen LogP contribution is -2.61. The highest BCUT2D eigenvalue weighted by molar-refractivity contribution is 7.89. The summed E-state index contributed by atoms with van der Waals surface area (Å²) in [4.78, 5) is 14.7. The van der Waals surface area contributed by atoms with E-state index in [0.29, 0.717) is 24.5 Å². The van der Waals surface area contributed by atoms with Crippen molar-refractivity contribution in [1.82, 2.24) is 9.21 Å². The molecular weight excluding hydrogens is 406 g/mol. The van der Waals surface area contributed by atoms with Crippen molar-refractivity contribution in [3.8, 4) is 5.75 Å². The van der Waals surface area contributed by atoms with Gasteiger partial charge in [-0.05, 0) is 31.2 Å². The van der Waals surface area contributed by atoms with Crippen LogP contribution in [0.3, 0.4) is 0 Å². The van der Waals surface area contributed by atoms with E-state index >= 15 is 0 Å². The number of hydrogen-bond donors (Lipinski definition) is 1. The van der Waals surface area contributed by atoms with E-state index in [9.17, 15) is 13.2 Å². The van der Waals surface area contributed by atoms with E-state index in [4.69, 9.17) is 9.47 Å². The number of urea groups is 1.